The molecule has 2 aromatic carbocycles. The van der Waals surface area contributed by atoms with Gasteiger partial charge in [-0.3, -0.25) is 0 Å². The lowest BCUT2D eigenvalue weighted by Crippen LogP contribution is -2.14. The van der Waals surface area contributed by atoms with Gasteiger partial charge >= 0.3 is 0 Å². The van der Waals surface area contributed by atoms with Gasteiger partial charge in [-0.15, -0.1) is 11.6 Å². The predicted octanol–water partition coefficient (Wildman–Crippen LogP) is 5.34. The molecule has 1 saturated heterocycles. The first-order chi connectivity index (χ1) is 9.58. The molecule has 20 heavy (non-hydrogen) atoms. The van der Waals surface area contributed by atoms with Gasteiger partial charge in [0.05, 0.1) is 5.88 Å². The van der Waals surface area contributed by atoms with Crippen LogP contribution in [0.5, 0.6) is 0 Å². The Balaban J connectivity index is 2.02. The lowest BCUT2D eigenvalue weighted by Gasteiger charge is -2.12. The van der Waals surface area contributed by atoms with Crippen LogP contribution in [0.4, 0.5) is 4.39 Å². The van der Waals surface area contributed by atoms with Crippen molar-refractivity contribution in [2.75, 3.05) is 5.88 Å². The minimum Gasteiger partial charge on any atom is -0.354 e. The first-order valence-corrected chi connectivity index (χ1v) is 7.31. The van der Waals surface area contributed by atoms with Crippen molar-refractivity contribution in [1.82, 2.24) is 0 Å². The Morgan fingerprint density at radius 2 is 1.90 bits per heavy atom. The Kier molecular flexibility index (Phi) is 3.67. The summed E-state index contributed by atoms with van der Waals surface area (Å²) >= 11 is 18.0. The molecular formula is C15H10Cl3FO. The highest BCUT2D eigenvalue weighted by atomic mass is 35.5. The van der Waals surface area contributed by atoms with Crippen molar-refractivity contribution in [3.8, 4) is 0 Å². The second-order valence-electron chi connectivity index (χ2n) is 4.67. The van der Waals surface area contributed by atoms with Gasteiger partial charge in [0.1, 0.15) is 17.5 Å². The van der Waals surface area contributed by atoms with Crippen molar-refractivity contribution in [1.29, 1.82) is 0 Å². The van der Waals surface area contributed by atoms with Crippen molar-refractivity contribution in [2.24, 2.45) is 0 Å². The molecule has 0 spiro atoms. The highest BCUT2D eigenvalue weighted by molar-refractivity contribution is 6.31. The lowest BCUT2D eigenvalue weighted by atomic mass is 9.93. The Morgan fingerprint density at radius 3 is 2.55 bits per heavy atom. The molecule has 0 radical (unpaired) electrons. The summed E-state index contributed by atoms with van der Waals surface area (Å²) in [7, 11) is 0. The third-order valence-electron chi connectivity index (χ3n) is 3.47. The van der Waals surface area contributed by atoms with Gasteiger partial charge in [0.15, 0.2) is 0 Å². The molecule has 1 nitrogen and oxygen atoms in total. The minimum absolute atomic E-state index is 0.140. The van der Waals surface area contributed by atoms with Gasteiger partial charge in [-0.2, -0.15) is 0 Å². The molecular weight excluding hydrogens is 322 g/mol. The smallest absolute Gasteiger partial charge is 0.141 e. The van der Waals surface area contributed by atoms with Crippen LogP contribution in [0.3, 0.4) is 0 Å². The summed E-state index contributed by atoms with van der Waals surface area (Å²) in [5.41, 5.74) is 0.340. The molecule has 0 aliphatic carbocycles. The van der Waals surface area contributed by atoms with Crippen molar-refractivity contribution in [3.05, 3.63) is 69.5 Å². The maximum atomic E-state index is 14.1. The average molecular weight is 332 g/mol. The number of alkyl halides is 1. The van der Waals surface area contributed by atoms with Gasteiger partial charge in [-0.05, 0) is 18.2 Å². The average Bonchev–Trinajstić information content (AvgIpc) is 3.15. The van der Waals surface area contributed by atoms with E-state index in [2.05, 4.69) is 0 Å². The lowest BCUT2D eigenvalue weighted by molar-refractivity contribution is 0.310. The molecule has 2 aromatic rings. The van der Waals surface area contributed by atoms with Crippen molar-refractivity contribution in [2.45, 2.75) is 11.7 Å². The summed E-state index contributed by atoms with van der Waals surface area (Å²) in [5.74, 6) is -0.283. The maximum absolute atomic E-state index is 14.1. The van der Waals surface area contributed by atoms with E-state index in [-0.39, 0.29) is 12.0 Å². The van der Waals surface area contributed by atoms with E-state index in [0.717, 1.165) is 5.56 Å². The molecule has 0 amide bonds. The highest BCUT2D eigenvalue weighted by Crippen LogP contribution is 2.59. The molecule has 1 fully saturated rings. The molecule has 2 unspecified atom stereocenters. The summed E-state index contributed by atoms with van der Waals surface area (Å²) in [6, 6.07) is 11.8. The van der Waals surface area contributed by atoms with Crippen LogP contribution >= 0.6 is 34.8 Å². The normalized spacial score (nSPS) is 24.7. The zero-order valence-electron chi connectivity index (χ0n) is 10.2. The second kappa shape index (κ2) is 5.19. The van der Waals surface area contributed by atoms with Gasteiger partial charge in [-0.25, -0.2) is 4.39 Å². The SMILES string of the molecule is Fc1cc(Cl)ccc1C1(CCl)OC1c1ccccc1Cl. The Labute approximate surface area is 131 Å². The van der Waals surface area contributed by atoms with Crippen LogP contribution in [0.2, 0.25) is 10.0 Å². The van der Waals surface area contributed by atoms with E-state index in [1.165, 1.54) is 6.07 Å². The Morgan fingerprint density at radius 1 is 1.15 bits per heavy atom. The number of epoxide rings is 1. The van der Waals surface area contributed by atoms with Gasteiger partial charge < -0.3 is 4.74 Å². The quantitative estimate of drug-likeness (QED) is 0.546. The van der Waals surface area contributed by atoms with Gasteiger partial charge in [-0.1, -0.05) is 47.5 Å². The van der Waals surface area contributed by atoms with Gasteiger partial charge in [0.2, 0.25) is 0 Å². The van der Waals surface area contributed by atoms with E-state index in [4.69, 9.17) is 39.5 Å². The number of halogens is 4. The zero-order chi connectivity index (χ0) is 14.3. The molecule has 3 rings (SSSR count). The van der Waals surface area contributed by atoms with Crippen LogP contribution in [-0.2, 0) is 10.3 Å². The van der Waals surface area contributed by atoms with Crippen LogP contribution in [0, 0.1) is 5.82 Å². The number of hydrogen-bond donors (Lipinski definition) is 0. The summed E-state index contributed by atoms with van der Waals surface area (Å²) in [5, 5.41) is 0.921. The molecule has 0 aromatic heterocycles. The first-order valence-electron chi connectivity index (χ1n) is 6.02. The topological polar surface area (TPSA) is 12.5 Å². The van der Waals surface area contributed by atoms with Crippen molar-refractivity contribution >= 4 is 34.8 Å². The monoisotopic (exact) mass is 330 g/mol. The van der Waals surface area contributed by atoms with Gasteiger partial charge in [0, 0.05) is 21.2 Å². The fourth-order valence-corrected chi connectivity index (χ4v) is 3.13. The summed E-state index contributed by atoms with van der Waals surface area (Å²) < 4.78 is 19.8. The molecule has 0 N–H and O–H groups in total. The summed E-state index contributed by atoms with van der Waals surface area (Å²) in [6.45, 7) is 0. The first kappa shape index (κ1) is 14.2. The second-order valence-corrected chi connectivity index (χ2v) is 5.78. The van der Waals surface area contributed by atoms with Crippen LogP contribution < -0.4 is 0 Å². The van der Waals surface area contributed by atoms with Crippen LogP contribution in [0.25, 0.3) is 0 Å². The third kappa shape index (κ3) is 2.21. The van der Waals surface area contributed by atoms with Crippen LogP contribution in [0.15, 0.2) is 42.5 Å². The predicted molar refractivity (Wildman–Crippen MR) is 79.1 cm³/mol. The van der Waals surface area contributed by atoms with E-state index >= 15 is 0 Å². The van der Waals surface area contributed by atoms with Crippen LogP contribution in [-0.4, -0.2) is 5.88 Å². The standard InChI is InChI=1S/C15H10Cl3FO/c16-8-15(11-6-5-9(17)7-13(11)19)14(20-15)10-3-1-2-4-12(10)18/h1-7,14H,8H2. The molecule has 0 saturated carbocycles. The molecule has 1 heterocycles. The molecule has 0 bridgehead atoms. The van der Waals surface area contributed by atoms with E-state index in [0.29, 0.717) is 15.6 Å². The number of ether oxygens (including phenoxy) is 1. The minimum atomic E-state index is -0.874. The van der Waals surface area contributed by atoms with E-state index in [9.17, 15) is 4.39 Å². The molecule has 1 aliphatic heterocycles. The third-order valence-corrected chi connectivity index (χ3v) is 4.44. The van der Waals surface area contributed by atoms with E-state index in [1.807, 2.05) is 18.2 Å². The molecule has 2 atom stereocenters. The molecule has 1 aliphatic rings. The van der Waals surface area contributed by atoms with Crippen LogP contribution in [0.1, 0.15) is 17.2 Å². The fraction of sp³-hybridized carbons (Fsp3) is 0.200. The highest BCUT2D eigenvalue weighted by Gasteiger charge is 2.59. The maximum Gasteiger partial charge on any atom is 0.141 e. The number of rotatable bonds is 3. The fourth-order valence-electron chi connectivity index (χ4n) is 2.39. The van der Waals surface area contributed by atoms with E-state index in [1.54, 1.807) is 18.2 Å². The number of benzene rings is 2. The zero-order valence-corrected chi connectivity index (χ0v) is 12.5. The van der Waals surface area contributed by atoms with Gasteiger partial charge in [0.25, 0.3) is 0 Å². The Hall–Kier alpha value is -0.800. The van der Waals surface area contributed by atoms with Crippen molar-refractivity contribution in [3.63, 3.8) is 0 Å². The Bertz CT molecular complexity index is 661. The molecule has 5 heteroatoms. The largest absolute Gasteiger partial charge is 0.354 e. The van der Waals surface area contributed by atoms with Crippen molar-refractivity contribution < 1.29 is 9.13 Å². The molecule has 104 valence electrons. The van der Waals surface area contributed by atoms with E-state index < -0.39 is 11.4 Å². The number of hydrogen-bond acceptors (Lipinski definition) is 1. The summed E-state index contributed by atoms with van der Waals surface area (Å²) in [4.78, 5) is 0. The summed E-state index contributed by atoms with van der Waals surface area (Å²) in [6.07, 6.45) is -0.343.